The van der Waals surface area contributed by atoms with Crippen molar-refractivity contribution in [3.8, 4) is 5.75 Å². The number of rotatable bonds is 3. The van der Waals surface area contributed by atoms with E-state index in [0.717, 1.165) is 23.4 Å². The van der Waals surface area contributed by atoms with Gasteiger partial charge >= 0.3 is 0 Å². The van der Waals surface area contributed by atoms with Gasteiger partial charge in [-0.3, -0.25) is 10.1 Å². The van der Waals surface area contributed by atoms with E-state index in [4.69, 9.17) is 16.3 Å². The Morgan fingerprint density at radius 3 is 2.88 bits per heavy atom. The first kappa shape index (κ1) is 16.0. The molecule has 25 heavy (non-hydrogen) atoms. The van der Waals surface area contributed by atoms with E-state index in [9.17, 15) is 10.1 Å². The number of nitrogens with zero attached hydrogens (tertiary/aromatic N) is 1. The maximum atomic E-state index is 11.2. The molecule has 1 N–H and O–H groups in total. The average Bonchev–Trinajstić information content (AvgIpc) is 3.11. The molecule has 6 heteroatoms. The van der Waals surface area contributed by atoms with Crippen LogP contribution in [0.1, 0.15) is 29.5 Å². The summed E-state index contributed by atoms with van der Waals surface area (Å²) < 4.78 is 5.51. The zero-order valence-corrected chi connectivity index (χ0v) is 14.4. The molecule has 0 saturated carbocycles. The fourth-order valence-corrected chi connectivity index (χ4v) is 4.19. The van der Waals surface area contributed by atoms with Crippen LogP contribution in [0, 0.1) is 16.0 Å². The molecular weight excluding hydrogens is 340 g/mol. The lowest BCUT2D eigenvalue weighted by molar-refractivity contribution is -0.384. The topological polar surface area (TPSA) is 64.4 Å². The molecule has 0 aromatic heterocycles. The fourth-order valence-electron chi connectivity index (χ4n) is 3.95. The van der Waals surface area contributed by atoms with E-state index in [1.807, 2.05) is 12.1 Å². The predicted molar refractivity (Wildman–Crippen MR) is 97.5 cm³/mol. The quantitative estimate of drug-likeness (QED) is 0.473. The zero-order valence-electron chi connectivity index (χ0n) is 13.6. The Bertz CT molecular complexity index is 881. The number of hydrogen-bond acceptors (Lipinski definition) is 4. The molecule has 2 aromatic rings. The smallest absolute Gasteiger partial charge is 0.269 e. The zero-order chi connectivity index (χ0) is 17.6. The minimum atomic E-state index is -0.387. The summed E-state index contributed by atoms with van der Waals surface area (Å²) in [5.74, 6) is 1.27. The number of non-ortho nitro benzene ring substituents is 1. The van der Waals surface area contributed by atoms with E-state index in [-0.39, 0.29) is 28.5 Å². The summed E-state index contributed by atoms with van der Waals surface area (Å²) >= 11 is 6.41. The van der Waals surface area contributed by atoms with E-state index < -0.39 is 0 Å². The molecule has 1 aliphatic heterocycles. The van der Waals surface area contributed by atoms with Crippen LogP contribution in [-0.2, 0) is 0 Å². The number of ether oxygens (including phenoxy) is 1. The fraction of sp³-hybridized carbons (Fsp3) is 0.263. The average molecular weight is 357 g/mol. The molecule has 0 saturated heterocycles. The van der Waals surface area contributed by atoms with Gasteiger partial charge in [-0.2, -0.15) is 0 Å². The molecule has 0 amide bonds. The summed E-state index contributed by atoms with van der Waals surface area (Å²) in [4.78, 5) is 10.8. The van der Waals surface area contributed by atoms with E-state index in [2.05, 4.69) is 23.5 Å². The van der Waals surface area contributed by atoms with Crippen LogP contribution in [0.4, 0.5) is 11.4 Å². The number of methoxy groups -OCH3 is 1. The van der Waals surface area contributed by atoms with Crippen LogP contribution < -0.4 is 10.1 Å². The van der Waals surface area contributed by atoms with Gasteiger partial charge in [-0.15, -0.1) is 0 Å². The molecule has 2 aliphatic rings. The highest BCUT2D eigenvalue weighted by molar-refractivity contribution is 6.31. The van der Waals surface area contributed by atoms with E-state index in [1.54, 1.807) is 19.2 Å². The SMILES string of the molecule is COc1cccc2c1N[C@H](c1cc([N+](=O)[O-])ccc1Cl)[C@@H]1CC=C[C@@H]21. The Labute approximate surface area is 150 Å². The predicted octanol–water partition coefficient (Wildman–Crippen LogP) is 5.08. The van der Waals surface area contributed by atoms with Crippen molar-refractivity contribution in [2.75, 3.05) is 12.4 Å². The Hall–Kier alpha value is -2.53. The van der Waals surface area contributed by atoms with Gasteiger partial charge in [-0.05, 0) is 30.0 Å². The number of benzene rings is 2. The number of fused-ring (bicyclic) bond motifs is 3. The summed E-state index contributed by atoms with van der Waals surface area (Å²) in [5, 5.41) is 15.3. The van der Waals surface area contributed by atoms with Crippen molar-refractivity contribution >= 4 is 23.0 Å². The number of nitro benzene ring substituents is 1. The minimum absolute atomic E-state index is 0.0505. The number of allylic oxidation sites excluding steroid dienone is 2. The maximum absolute atomic E-state index is 11.2. The summed E-state index contributed by atoms with van der Waals surface area (Å²) in [6.07, 6.45) is 5.28. The number of para-hydroxylation sites is 1. The van der Waals surface area contributed by atoms with Crippen LogP contribution in [0.5, 0.6) is 5.75 Å². The molecule has 5 nitrogen and oxygen atoms in total. The largest absolute Gasteiger partial charge is 0.495 e. The van der Waals surface area contributed by atoms with Gasteiger partial charge in [-0.25, -0.2) is 0 Å². The summed E-state index contributed by atoms with van der Waals surface area (Å²) in [6.45, 7) is 0. The molecule has 4 rings (SSSR count). The van der Waals surface area contributed by atoms with E-state index in [0.29, 0.717) is 5.02 Å². The van der Waals surface area contributed by atoms with Crippen molar-refractivity contribution in [3.05, 3.63) is 74.8 Å². The molecule has 1 heterocycles. The normalized spacial score (nSPS) is 23.5. The molecular formula is C19H17ClN2O3. The Balaban J connectivity index is 1.84. The van der Waals surface area contributed by atoms with Gasteiger partial charge in [0.2, 0.25) is 0 Å². The highest BCUT2D eigenvalue weighted by Gasteiger charge is 2.40. The third kappa shape index (κ3) is 2.55. The molecule has 0 unspecified atom stereocenters. The van der Waals surface area contributed by atoms with E-state index in [1.165, 1.54) is 11.6 Å². The highest BCUT2D eigenvalue weighted by atomic mass is 35.5. The lowest BCUT2D eigenvalue weighted by Gasteiger charge is -2.38. The lowest BCUT2D eigenvalue weighted by atomic mass is 9.77. The Morgan fingerprint density at radius 1 is 1.28 bits per heavy atom. The van der Waals surface area contributed by atoms with Crippen LogP contribution in [0.3, 0.4) is 0 Å². The summed E-state index contributed by atoms with van der Waals surface area (Å²) in [5.41, 5.74) is 2.93. The van der Waals surface area contributed by atoms with Crippen LogP contribution in [0.25, 0.3) is 0 Å². The molecule has 128 valence electrons. The first-order chi connectivity index (χ1) is 12.1. The van der Waals surface area contributed by atoms with Crippen molar-refractivity contribution in [2.24, 2.45) is 5.92 Å². The van der Waals surface area contributed by atoms with Crippen LogP contribution in [0.15, 0.2) is 48.6 Å². The van der Waals surface area contributed by atoms with Gasteiger partial charge in [0, 0.05) is 28.6 Å². The Kier molecular flexibility index (Phi) is 3.88. The standard InChI is InChI=1S/C19H17ClN2O3/c1-25-17-7-3-6-14-12-4-2-5-13(12)18(21-19(14)17)15-10-11(22(23)24)8-9-16(15)20/h2-4,6-10,12-13,18,21H,5H2,1H3/t12-,13-,18+/m1/s1. The second-order valence-electron chi connectivity index (χ2n) is 6.36. The number of halogens is 1. The number of nitro groups is 1. The summed E-state index contributed by atoms with van der Waals surface area (Å²) in [7, 11) is 1.64. The molecule has 0 bridgehead atoms. The second-order valence-corrected chi connectivity index (χ2v) is 6.77. The van der Waals surface area contributed by atoms with Crippen molar-refractivity contribution < 1.29 is 9.66 Å². The van der Waals surface area contributed by atoms with E-state index >= 15 is 0 Å². The maximum Gasteiger partial charge on any atom is 0.269 e. The van der Waals surface area contributed by atoms with Crippen molar-refractivity contribution in [2.45, 2.75) is 18.4 Å². The van der Waals surface area contributed by atoms with Crippen molar-refractivity contribution in [3.63, 3.8) is 0 Å². The van der Waals surface area contributed by atoms with Crippen LogP contribution in [0.2, 0.25) is 5.02 Å². The van der Waals surface area contributed by atoms with Crippen molar-refractivity contribution in [1.82, 2.24) is 0 Å². The minimum Gasteiger partial charge on any atom is -0.495 e. The van der Waals surface area contributed by atoms with Gasteiger partial charge < -0.3 is 10.1 Å². The van der Waals surface area contributed by atoms with Gasteiger partial charge in [0.05, 0.1) is 23.8 Å². The molecule has 0 radical (unpaired) electrons. The number of anilines is 1. The van der Waals surface area contributed by atoms with Crippen LogP contribution in [-0.4, -0.2) is 12.0 Å². The first-order valence-corrected chi connectivity index (χ1v) is 8.52. The molecule has 0 fully saturated rings. The Morgan fingerprint density at radius 2 is 2.12 bits per heavy atom. The van der Waals surface area contributed by atoms with Gasteiger partial charge in [0.1, 0.15) is 5.75 Å². The van der Waals surface area contributed by atoms with Crippen molar-refractivity contribution in [1.29, 1.82) is 0 Å². The monoisotopic (exact) mass is 356 g/mol. The third-order valence-corrected chi connectivity index (χ3v) is 5.45. The van der Waals surface area contributed by atoms with Gasteiger partial charge in [0.15, 0.2) is 0 Å². The molecule has 1 aliphatic carbocycles. The molecule has 3 atom stereocenters. The molecule has 2 aromatic carbocycles. The number of hydrogen-bond donors (Lipinski definition) is 1. The lowest BCUT2D eigenvalue weighted by Crippen LogP contribution is -2.29. The third-order valence-electron chi connectivity index (χ3n) is 5.10. The van der Waals surface area contributed by atoms with Gasteiger partial charge in [0.25, 0.3) is 5.69 Å². The van der Waals surface area contributed by atoms with Crippen LogP contribution >= 0.6 is 11.6 Å². The highest BCUT2D eigenvalue weighted by Crippen LogP contribution is 2.53. The van der Waals surface area contributed by atoms with Gasteiger partial charge in [-0.1, -0.05) is 35.9 Å². The summed E-state index contributed by atoms with van der Waals surface area (Å²) in [6, 6.07) is 10.5. The first-order valence-electron chi connectivity index (χ1n) is 8.14. The number of nitrogens with one attached hydrogen (secondary N) is 1. The second kappa shape index (κ2) is 6.08. The molecule has 0 spiro atoms.